The van der Waals surface area contributed by atoms with E-state index in [-0.39, 0.29) is 11.8 Å². The standard InChI is InChI=1S/C12H15BrN2O2S/c1-8(12(17)15(2)3)14-11(16)5-4-9-6-10(13)18-7-9/h4-8H,1-3H3,(H,14,16)/b5-4-/t8-/m1/s1. The summed E-state index contributed by atoms with van der Waals surface area (Å²) in [5.41, 5.74) is 0.952. The number of hydrogen-bond donors (Lipinski definition) is 1. The molecule has 6 heteroatoms. The van der Waals surface area contributed by atoms with Gasteiger partial charge in [-0.15, -0.1) is 11.3 Å². The maximum absolute atomic E-state index is 11.6. The summed E-state index contributed by atoms with van der Waals surface area (Å²) in [5, 5.41) is 4.55. The largest absolute Gasteiger partial charge is 0.347 e. The van der Waals surface area contributed by atoms with Crippen LogP contribution in [0.3, 0.4) is 0 Å². The maximum atomic E-state index is 11.6. The first kappa shape index (κ1) is 14.9. The Bertz CT molecular complexity index is 468. The van der Waals surface area contributed by atoms with Crippen molar-refractivity contribution in [2.75, 3.05) is 14.1 Å². The number of thiophene rings is 1. The molecule has 0 bridgehead atoms. The highest BCUT2D eigenvalue weighted by atomic mass is 79.9. The highest BCUT2D eigenvalue weighted by Gasteiger charge is 2.15. The molecule has 0 saturated carbocycles. The van der Waals surface area contributed by atoms with Crippen LogP contribution in [0.5, 0.6) is 0 Å². The molecule has 1 atom stereocenters. The van der Waals surface area contributed by atoms with Gasteiger partial charge < -0.3 is 10.2 Å². The lowest BCUT2D eigenvalue weighted by Gasteiger charge is -2.16. The summed E-state index contributed by atoms with van der Waals surface area (Å²) in [6.45, 7) is 1.66. The quantitative estimate of drug-likeness (QED) is 0.859. The molecule has 0 aliphatic rings. The van der Waals surface area contributed by atoms with Crippen molar-refractivity contribution in [3.8, 4) is 0 Å². The van der Waals surface area contributed by atoms with Crippen molar-refractivity contribution in [1.29, 1.82) is 0 Å². The SMILES string of the molecule is C[C@@H](NC(=O)/C=C\c1csc(Br)c1)C(=O)N(C)C. The summed E-state index contributed by atoms with van der Waals surface area (Å²) in [4.78, 5) is 24.6. The third-order valence-corrected chi connectivity index (χ3v) is 3.71. The smallest absolute Gasteiger partial charge is 0.244 e. The topological polar surface area (TPSA) is 49.4 Å². The predicted octanol–water partition coefficient (Wildman–Crippen LogP) is 2.12. The van der Waals surface area contributed by atoms with Crippen molar-refractivity contribution in [3.63, 3.8) is 0 Å². The van der Waals surface area contributed by atoms with E-state index in [0.29, 0.717) is 0 Å². The van der Waals surface area contributed by atoms with E-state index >= 15 is 0 Å². The van der Waals surface area contributed by atoms with Gasteiger partial charge in [0.1, 0.15) is 6.04 Å². The Hall–Kier alpha value is -1.14. The van der Waals surface area contributed by atoms with Crippen LogP contribution in [0, 0.1) is 0 Å². The molecule has 4 nitrogen and oxygen atoms in total. The molecule has 0 radical (unpaired) electrons. The summed E-state index contributed by atoms with van der Waals surface area (Å²) < 4.78 is 1.01. The fraction of sp³-hybridized carbons (Fsp3) is 0.333. The van der Waals surface area contributed by atoms with Gasteiger partial charge in [0, 0.05) is 20.2 Å². The summed E-state index contributed by atoms with van der Waals surface area (Å²) in [7, 11) is 3.31. The van der Waals surface area contributed by atoms with E-state index in [1.807, 2.05) is 11.4 Å². The molecule has 98 valence electrons. The monoisotopic (exact) mass is 330 g/mol. The zero-order valence-corrected chi connectivity index (χ0v) is 12.8. The van der Waals surface area contributed by atoms with Crippen LogP contribution >= 0.6 is 27.3 Å². The van der Waals surface area contributed by atoms with Crippen LogP contribution in [-0.4, -0.2) is 36.9 Å². The van der Waals surface area contributed by atoms with Crippen molar-refractivity contribution in [2.24, 2.45) is 0 Å². The maximum Gasteiger partial charge on any atom is 0.244 e. The second-order valence-corrected chi connectivity index (χ2v) is 6.27. The average Bonchev–Trinajstić information content (AvgIpc) is 2.71. The molecule has 1 rings (SSSR count). The molecular formula is C12H15BrN2O2S. The highest BCUT2D eigenvalue weighted by molar-refractivity contribution is 9.11. The first-order valence-electron chi connectivity index (χ1n) is 5.34. The number of carbonyl (C=O) groups is 2. The second kappa shape index (κ2) is 6.70. The van der Waals surface area contributed by atoms with Gasteiger partial charge in [-0.2, -0.15) is 0 Å². The Morgan fingerprint density at radius 2 is 2.17 bits per heavy atom. The number of carbonyl (C=O) groups excluding carboxylic acids is 2. The van der Waals surface area contributed by atoms with Crippen molar-refractivity contribution < 1.29 is 9.59 Å². The van der Waals surface area contributed by atoms with Crippen LogP contribution < -0.4 is 5.32 Å². The molecule has 0 saturated heterocycles. The Balaban J connectivity index is 2.51. The van der Waals surface area contributed by atoms with Gasteiger partial charge in [-0.1, -0.05) is 0 Å². The summed E-state index contributed by atoms with van der Waals surface area (Å²) >= 11 is 4.90. The number of rotatable bonds is 4. The van der Waals surface area contributed by atoms with E-state index in [0.717, 1.165) is 9.35 Å². The van der Waals surface area contributed by atoms with E-state index in [2.05, 4.69) is 21.2 Å². The zero-order chi connectivity index (χ0) is 13.7. The van der Waals surface area contributed by atoms with Gasteiger partial charge in [0.15, 0.2) is 0 Å². The van der Waals surface area contributed by atoms with Crippen molar-refractivity contribution in [2.45, 2.75) is 13.0 Å². The van der Waals surface area contributed by atoms with Crippen molar-refractivity contribution in [3.05, 3.63) is 26.9 Å². The van der Waals surface area contributed by atoms with Crippen LogP contribution in [0.1, 0.15) is 12.5 Å². The highest BCUT2D eigenvalue weighted by Crippen LogP contribution is 2.21. The van der Waals surface area contributed by atoms with E-state index in [9.17, 15) is 9.59 Å². The predicted molar refractivity (Wildman–Crippen MR) is 77.4 cm³/mol. The minimum Gasteiger partial charge on any atom is -0.347 e. The van der Waals surface area contributed by atoms with Gasteiger partial charge in [-0.25, -0.2) is 0 Å². The van der Waals surface area contributed by atoms with Gasteiger partial charge in [0.25, 0.3) is 0 Å². The first-order valence-corrected chi connectivity index (χ1v) is 7.01. The van der Waals surface area contributed by atoms with Gasteiger partial charge >= 0.3 is 0 Å². The molecule has 0 unspecified atom stereocenters. The molecule has 18 heavy (non-hydrogen) atoms. The Morgan fingerprint density at radius 3 is 2.67 bits per heavy atom. The van der Waals surface area contributed by atoms with Crippen LogP contribution in [-0.2, 0) is 9.59 Å². The van der Waals surface area contributed by atoms with E-state index in [1.165, 1.54) is 11.0 Å². The lowest BCUT2D eigenvalue weighted by atomic mass is 10.2. The summed E-state index contributed by atoms with van der Waals surface area (Å²) in [5.74, 6) is -0.407. The molecular weight excluding hydrogens is 316 g/mol. The number of likely N-dealkylation sites (N-methyl/N-ethyl adjacent to an activating group) is 1. The van der Waals surface area contributed by atoms with Gasteiger partial charge in [0.05, 0.1) is 3.79 Å². The molecule has 0 aromatic carbocycles. The third-order valence-electron chi connectivity index (χ3n) is 2.18. The second-order valence-electron chi connectivity index (χ2n) is 3.98. The van der Waals surface area contributed by atoms with E-state index in [1.54, 1.807) is 38.4 Å². The molecule has 1 heterocycles. The molecule has 0 aliphatic carbocycles. The summed E-state index contributed by atoms with van der Waals surface area (Å²) in [6, 6.07) is 1.40. The lowest BCUT2D eigenvalue weighted by Crippen LogP contribution is -2.43. The van der Waals surface area contributed by atoms with Crippen LogP contribution in [0.4, 0.5) is 0 Å². The zero-order valence-electron chi connectivity index (χ0n) is 10.4. The van der Waals surface area contributed by atoms with Crippen LogP contribution in [0.2, 0.25) is 0 Å². The molecule has 1 aromatic rings. The summed E-state index contributed by atoms with van der Waals surface area (Å²) in [6.07, 6.45) is 3.14. The minimum atomic E-state index is -0.522. The molecule has 1 N–H and O–H groups in total. The molecule has 0 aliphatic heterocycles. The Morgan fingerprint density at radius 1 is 1.50 bits per heavy atom. The van der Waals surface area contributed by atoms with Crippen LogP contribution in [0.15, 0.2) is 21.3 Å². The van der Waals surface area contributed by atoms with Crippen molar-refractivity contribution in [1.82, 2.24) is 10.2 Å². The lowest BCUT2D eigenvalue weighted by molar-refractivity contribution is -0.132. The van der Waals surface area contributed by atoms with Gasteiger partial charge in [-0.05, 0) is 45.9 Å². The normalized spacial score (nSPS) is 12.4. The van der Waals surface area contributed by atoms with E-state index < -0.39 is 6.04 Å². The number of nitrogens with one attached hydrogen (secondary N) is 1. The van der Waals surface area contributed by atoms with Crippen molar-refractivity contribution >= 4 is 45.2 Å². The third kappa shape index (κ3) is 4.62. The Labute approximate surface area is 119 Å². The number of amides is 2. The fourth-order valence-corrected chi connectivity index (χ4v) is 2.44. The number of nitrogens with zero attached hydrogens (tertiary/aromatic N) is 1. The molecule has 0 spiro atoms. The molecule has 0 fully saturated rings. The molecule has 1 aromatic heterocycles. The first-order chi connectivity index (χ1) is 8.40. The van der Waals surface area contributed by atoms with Gasteiger partial charge in [-0.3, -0.25) is 9.59 Å². The van der Waals surface area contributed by atoms with Crippen LogP contribution in [0.25, 0.3) is 6.08 Å². The van der Waals surface area contributed by atoms with Gasteiger partial charge in [0.2, 0.25) is 11.8 Å². The number of hydrogen-bond acceptors (Lipinski definition) is 3. The Kier molecular flexibility index (Phi) is 5.55. The number of halogens is 1. The van der Waals surface area contributed by atoms with E-state index in [4.69, 9.17) is 0 Å². The molecule has 2 amide bonds. The fourth-order valence-electron chi connectivity index (χ4n) is 1.29. The minimum absolute atomic E-state index is 0.130. The average molecular weight is 331 g/mol.